The Morgan fingerprint density at radius 1 is 1.08 bits per heavy atom. The third-order valence-corrected chi connectivity index (χ3v) is 4.74. The van der Waals surface area contributed by atoms with Gasteiger partial charge in [0, 0.05) is 17.8 Å². The molecule has 0 N–H and O–H groups in total. The predicted octanol–water partition coefficient (Wildman–Crippen LogP) is 3.75. The molecule has 4 rings (SSSR count). The quantitative estimate of drug-likeness (QED) is 0.649. The summed E-state index contributed by atoms with van der Waals surface area (Å²) in [7, 11) is 1.80. The summed E-state index contributed by atoms with van der Waals surface area (Å²) in [6.07, 6.45) is 1.51. The van der Waals surface area contributed by atoms with Crippen molar-refractivity contribution in [3.8, 4) is 11.4 Å². The monoisotopic (exact) mass is 366 g/mol. The van der Waals surface area contributed by atoms with E-state index in [1.807, 2.05) is 37.3 Å². The van der Waals surface area contributed by atoms with Gasteiger partial charge in [-0.25, -0.2) is 4.68 Å². The summed E-state index contributed by atoms with van der Waals surface area (Å²) in [5.74, 6) is 0.285. The van der Waals surface area contributed by atoms with Crippen LogP contribution in [0.3, 0.4) is 0 Å². The summed E-state index contributed by atoms with van der Waals surface area (Å²) in [6, 6.07) is 14.2. The van der Waals surface area contributed by atoms with E-state index in [-0.39, 0.29) is 17.1 Å². The minimum absolute atomic E-state index is 0.119. The number of hydrogen-bond donors (Lipinski definition) is 0. The van der Waals surface area contributed by atoms with Crippen LogP contribution in [-0.4, -0.2) is 15.1 Å². The molecular formula is C20H15ClN2O3. The molecule has 0 unspecified atom stereocenters. The number of carbonyl (C=O) groups is 1. The smallest absolute Gasteiger partial charge is 0.279 e. The Kier molecular flexibility index (Phi) is 3.81. The lowest BCUT2D eigenvalue weighted by Gasteiger charge is -2.07. The van der Waals surface area contributed by atoms with E-state index in [0.717, 1.165) is 11.4 Å². The van der Waals surface area contributed by atoms with Crippen LogP contribution < -0.4 is 10.3 Å². The van der Waals surface area contributed by atoms with Gasteiger partial charge in [-0.05, 0) is 43.3 Å². The fraction of sp³-hybridized carbons (Fsp3) is 0.100. The molecule has 26 heavy (non-hydrogen) atoms. The summed E-state index contributed by atoms with van der Waals surface area (Å²) in [4.78, 5) is 25.5. The molecule has 2 heterocycles. The Hall–Kier alpha value is -3.05. The molecule has 6 heteroatoms. The molecule has 0 saturated heterocycles. The molecule has 0 amide bonds. The molecule has 1 aliphatic rings. The molecule has 1 aromatic heterocycles. The summed E-state index contributed by atoms with van der Waals surface area (Å²) in [6.45, 7) is 1.83. The number of aromatic nitrogens is 2. The Morgan fingerprint density at radius 3 is 2.54 bits per heavy atom. The number of nitrogens with zero attached hydrogens (tertiary/aromatic N) is 2. The topological polar surface area (TPSA) is 53.2 Å². The van der Waals surface area contributed by atoms with Crippen LogP contribution in [0.25, 0.3) is 11.8 Å². The number of Topliss-reactive ketones (excluding diaryl/α,β-unsaturated/α-hetero) is 1. The molecule has 3 aromatic rings. The van der Waals surface area contributed by atoms with Crippen LogP contribution in [0.4, 0.5) is 0 Å². The van der Waals surface area contributed by atoms with Gasteiger partial charge in [0.2, 0.25) is 5.78 Å². The van der Waals surface area contributed by atoms with Crippen LogP contribution in [0.5, 0.6) is 5.75 Å². The zero-order chi connectivity index (χ0) is 18.4. The molecule has 0 spiro atoms. The first-order valence-corrected chi connectivity index (χ1v) is 8.43. The van der Waals surface area contributed by atoms with Crippen molar-refractivity contribution in [3.05, 3.63) is 86.5 Å². The molecule has 5 nitrogen and oxygen atoms in total. The number of ketones is 1. The van der Waals surface area contributed by atoms with E-state index in [0.29, 0.717) is 21.9 Å². The van der Waals surface area contributed by atoms with Crippen molar-refractivity contribution >= 4 is 23.5 Å². The first kappa shape index (κ1) is 16.4. The van der Waals surface area contributed by atoms with Gasteiger partial charge in [-0.15, -0.1) is 0 Å². The van der Waals surface area contributed by atoms with Crippen LogP contribution in [0.2, 0.25) is 5.02 Å². The third kappa shape index (κ3) is 2.48. The highest BCUT2D eigenvalue weighted by Gasteiger charge is 2.28. The van der Waals surface area contributed by atoms with E-state index in [4.69, 9.17) is 16.3 Å². The normalized spacial score (nSPS) is 14.6. The lowest BCUT2D eigenvalue weighted by atomic mass is 10.1. The molecular weight excluding hydrogens is 352 g/mol. The Labute approximate surface area is 154 Å². The second-order valence-electron chi connectivity index (χ2n) is 6.06. The number of allylic oxidation sites excluding steroid dienone is 1. The number of halogens is 1. The highest BCUT2D eigenvalue weighted by molar-refractivity contribution is 6.31. The number of ether oxygens (including phenoxy) is 1. The lowest BCUT2D eigenvalue weighted by molar-refractivity contribution is 0.101. The molecule has 0 atom stereocenters. The van der Waals surface area contributed by atoms with Gasteiger partial charge in [0.15, 0.2) is 5.76 Å². The number of benzene rings is 2. The lowest BCUT2D eigenvalue weighted by Crippen LogP contribution is -2.20. The Balaban J connectivity index is 1.83. The zero-order valence-electron chi connectivity index (χ0n) is 14.2. The second kappa shape index (κ2) is 6.04. The molecule has 0 fully saturated rings. The number of para-hydroxylation sites is 1. The van der Waals surface area contributed by atoms with Crippen LogP contribution in [0.15, 0.2) is 59.1 Å². The molecule has 0 saturated carbocycles. The molecule has 0 aliphatic carbocycles. The summed E-state index contributed by atoms with van der Waals surface area (Å²) >= 11 is 5.96. The van der Waals surface area contributed by atoms with Gasteiger partial charge in [-0.2, -0.15) is 0 Å². The van der Waals surface area contributed by atoms with Crippen molar-refractivity contribution in [1.82, 2.24) is 9.36 Å². The van der Waals surface area contributed by atoms with E-state index in [1.165, 1.54) is 6.08 Å². The van der Waals surface area contributed by atoms with E-state index in [1.54, 1.807) is 34.6 Å². The van der Waals surface area contributed by atoms with Crippen molar-refractivity contribution in [3.63, 3.8) is 0 Å². The maximum absolute atomic E-state index is 12.9. The Morgan fingerprint density at radius 2 is 1.81 bits per heavy atom. The van der Waals surface area contributed by atoms with Crippen molar-refractivity contribution in [1.29, 1.82) is 0 Å². The zero-order valence-corrected chi connectivity index (χ0v) is 14.9. The van der Waals surface area contributed by atoms with E-state index >= 15 is 0 Å². The van der Waals surface area contributed by atoms with Gasteiger partial charge in [0.25, 0.3) is 5.56 Å². The van der Waals surface area contributed by atoms with E-state index < -0.39 is 0 Å². The molecule has 0 radical (unpaired) electrons. The van der Waals surface area contributed by atoms with Crippen molar-refractivity contribution < 1.29 is 9.53 Å². The van der Waals surface area contributed by atoms with E-state index in [2.05, 4.69) is 0 Å². The SMILES string of the molecule is Cc1c(/C=C2\Oc3ccc(Cl)cc3C2=O)c(=O)n(-c2ccccc2)n1C. The summed E-state index contributed by atoms with van der Waals surface area (Å²) in [5, 5.41) is 0.462. The van der Waals surface area contributed by atoms with Gasteiger partial charge in [-0.1, -0.05) is 29.8 Å². The number of rotatable bonds is 2. The average Bonchev–Trinajstić information content (AvgIpc) is 3.05. The highest BCUT2D eigenvalue weighted by Crippen LogP contribution is 2.33. The maximum Gasteiger partial charge on any atom is 0.279 e. The fourth-order valence-corrected chi connectivity index (χ4v) is 3.22. The number of carbonyl (C=O) groups excluding carboxylic acids is 1. The van der Waals surface area contributed by atoms with Crippen LogP contribution in [0, 0.1) is 6.92 Å². The van der Waals surface area contributed by atoms with Gasteiger partial charge in [-0.3, -0.25) is 14.3 Å². The van der Waals surface area contributed by atoms with Crippen LogP contribution >= 0.6 is 11.6 Å². The second-order valence-corrected chi connectivity index (χ2v) is 6.49. The summed E-state index contributed by atoms with van der Waals surface area (Å²) < 4.78 is 8.96. The maximum atomic E-state index is 12.9. The molecule has 130 valence electrons. The fourth-order valence-electron chi connectivity index (χ4n) is 3.05. The van der Waals surface area contributed by atoms with Crippen molar-refractivity contribution in [2.24, 2.45) is 7.05 Å². The van der Waals surface area contributed by atoms with Crippen LogP contribution in [0.1, 0.15) is 21.6 Å². The van der Waals surface area contributed by atoms with Gasteiger partial charge >= 0.3 is 0 Å². The molecule has 2 aromatic carbocycles. The summed E-state index contributed by atoms with van der Waals surface area (Å²) in [5.41, 5.74) is 2.09. The van der Waals surface area contributed by atoms with E-state index in [9.17, 15) is 9.59 Å². The van der Waals surface area contributed by atoms with Gasteiger partial charge < -0.3 is 4.74 Å². The minimum atomic E-state index is -0.281. The van der Waals surface area contributed by atoms with Crippen LogP contribution in [-0.2, 0) is 7.05 Å². The largest absolute Gasteiger partial charge is 0.452 e. The third-order valence-electron chi connectivity index (χ3n) is 4.50. The number of hydrogen-bond acceptors (Lipinski definition) is 3. The predicted molar refractivity (Wildman–Crippen MR) is 100 cm³/mol. The standard InChI is InChI=1S/C20H15ClN2O3/c1-12-15(20(25)23(22(12)2)14-6-4-3-5-7-14)11-18-19(24)16-10-13(21)8-9-17(16)26-18/h3-11H,1-2H3/b18-11-. The molecule has 0 bridgehead atoms. The Bertz CT molecular complexity index is 1120. The van der Waals surface area contributed by atoms with Crippen molar-refractivity contribution in [2.75, 3.05) is 0 Å². The average molecular weight is 367 g/mol. The first-order chi connectivity index (χ1) is 12.5. The minimum Gasteiger partial charge on any atom is -0.452 e. The van der Waals surface area contributed by atoms with Gasteiger partial charge in [0.05, 0.1) is 16.8 Å². The number of fused-ring (bicyclic) bond motifs is 1. The first-order valence-electron chi connectivity index (χ1n) is 8.05. The van der Waals surface area contributed by atoms with Crippen molar-refractivity contribution in [2.45, 2.75) is 6.92 Å². The van der Waals surface area contributed by atoms with Gasteiger partial charge in [0.1, 0.15) is 5.75 Å². The highest BCUT2D eigenvalue weighted by atomic mass is 35.5. The molecule has 1 aliphatic heterocycles.